The summed E-state index contributed by atoms with van der Waals surface area (Å²) in [6.07, 6.45) is 1.31. The molecule has 4 aromatic rings. The molecule has 0 unspecified atom stereocenters. The second-order valence-electron chi connectivity index (χ2n) is 9.98. The first-order chi connectivity index (χ1) is 20.3. The number of nitrogens with zero attached hydrogens (tertiary/aromatic N) is 2. The summed E-state index contributed by atoms with van der Waals surface area (Å²) in [5, 5.41) is 18.6. The van der Waals surface area contributed by atoms with Gasteiger partial charge in [-0.05, 0) is 34.7 Å². The molecule has 0 heterocycles. The number of nitro benzene ring substituents is 1. The van der Waals surface area contributed by atoms with Crippen molar-refractivity contribution in [2.75, 3.05) is 0 Å². The fraction of sp³-hybridized carbons (Fsp3) is 0.182. The number of benzene rings is 4. The molecule has 4 rings (SSSR count). The number of hydrazone groups is 1. The van der Waals surface area contributed by atoms with E-state index in [1.807, 2.05) is 105 Å². The van der Waals surface area contributed by atoms with Gasteiger partial charge in [0.1, 0.15) is 12.6 Å². The molecule has 0 aliphatic carbocycles. The van der Waals surface area contributed by atoms with E-state index in [0.29, 0.717) is 5.56 Å². The van der Waals surface area contributed by atoms with Gasteiger partial charge in [-0.2, -0.15) is 5.10 Å². The van der Waals surface area contributed by atoms with Crippen LogP contribution in [0.2, 0.25) is 0 Å². The Morgan fingerprint density at radius 1 is 0.857 bits per heavy atom. The number of ether oxygens (including phenoxy) is 1. The van der Waals surface area contributed by atoms with E-state index in [0.717, 1.165) is 16.7 Å². The third-order valence-electron chi connectivity index (χ3n) is 6.58. The number of hydrogen-bond donors (Lipinski definition) is 2. The lowest BCUT2D eigenvalue weighted by Gasteiger charge is -2.24. The minimum atomic E-state index is -0.868. The number of rotatable bonds is 12. The van der Waals surface area contributed by atoms with Crippen LogP contribution in [0.5, 0.6) is 5.75 Å². The maximum absolute atomic E-state index is 13.5. The fourth-order valence-corrected chi connectivity index (χ4v) is 4.41. The van der Waals surface area contributed by atoms with Crippen molar-refractivity contribution >= 4 is 23.7 Å². The summed E-state index contributed by atoms with van der Waals surface area (Å²) in [5.41, 5.74) is 5.13. The molecular weight excluding hydrogens is 532 g/mol. The van der Waals surface area contributed by atoms with Crippen molar-refractivity contribution in [3.8, 4) is 5.75 Å². The molecule has 0 aliphatic rings. The van der Waals surface area contributed by atoms with Crippen LogP contribution in [0.1, 0.15) is 42.0 Å². The Kier molecular flexibility index (Phi) is 10.1. The van der Waals surface area contributed by atoms with Gasteiger partial charge in [0.25, 0.3) is 5.91 Å². The summed E-state index contributed by atoms with van der Waals surface area (Å²) in [7, 11) is 0. The minimum absolute atomic E-state index is 0.124. The van der Waals surface area contributed by atoms with Gasteiger partial charge in [-0.3, -0.25) is 19.7 Å². The van der Waals surface area contributed by atoms with Gasteiger partial charge in [0.15, 0.2) is 5.75 Å². The summed E-state index contributed by atoms with van der Waals surface area (Å²) in [4.78, 5) is 37.8. The maximum atomic E-state index is 13.5. The topological polar surface area (TPSA) is 123 Å². The van der Waals surface area contributed by atoms with Gasteiger partial charge < -0.3 is 10.1 Å². The third kappa shape index (κ3) is 7.88. The molecule has 0 saturated heterocycles. The maximum Gasteiger partial charge on any atom is 0.311 e. The molecule has 2 N–H and O–H groups in total. The first-order valence-electron chi connectivity index (χ1n) is 13.5. The Morgan fingerprint density at radius 3 is 1.98 bits per heavy atom. The molecule has 0 spiro atoms. The van der Waals surface area contributed by atoms with E-state index >= 15 is 0 Å². The zero-order valence-corrected chi connectivity index (χ0v) is 23.3. The Hall–Kier alpha value is -5.31. The van der Waals surface area contributed by atoms with Crippen LogP contribution in [0, 0.1) is 16.0 Å². The van der Waals surface area contributed by atoms with Crippen molar-refractivity contribution < 1.29 is 19.2 Å². The van der Waals surface area contributed by atoms with Crippen LogP contribution in [0.15, 0.2) is 114 Å². The second kappa shape index (κ2) is 14.4. The molecule has 0 aromatic heterocycles. The first kappa shape index (κ1) is 29.7. The van der Waals surface area contributed by atoms with Gasteiger partial charge in [-0.1, -0.05) is 105 Å². The normalized spacial score (nSPS) is 11.8. The molecule has 0 radical (unpaired) electrons. The number of amides is 2. The van der Waals surface area contributed by atoms with Crippen molar-refractivity contribution in [3.63, 3.8) is 0 Å². The van der Waals surface area contributed by atoms with E-state index in [1.165, 1.54) is 18.3 Å². The predicted molar refractivity (Wildman–Crippen MR) is 161 cm³/mol. The first-order valence-corrected chi connectivity index (χ1v) is 13.5. The average Bonchev–Trinajstić information content (AvgIpc) is 3.00. The van der Waals surface area contributed by atoms with Crippen LogP contribution in [0.4, 0.5) is 5.69 Å². The highest BCUT2D eigenvalue weighted by molar-refractivity contribution is 5.93. The average molecular weight is 565 g/mol. The Morgan fingerprint density at radius 2 is 1.43 bits per heavy atom. The molecule has 1 atom stereocenters. The van der Waals surface area contributed by atoms with E-state index in [2.05, 4.69) is 15.8 Å². The van der Waals surface area contributed by atoms with Gasteiger partial charge in [0.05, 0.1) is 17.1 Å². The van der Waals surface area contributed by atoms with Crippen molar-refractivity contribution in [3.05, 3.63) is 142 Å². The fourth-order valence-electron chi connectivity index (χ4n) is 4.41. The third-order valence-corrected chi connectivity index (χ3v) is 6.58. The van der Waals surface area contributed by atoms with E-state index in [4.69, 9.17) is 4.74 Å². The largest absolute Gasteiger partial charge is 0.482 e. The Bertz CT molecular complexity index is 1490. The molecule has 0 saturated carbocycles. The number of hydrogen-bond acceptors (Lipinski definition) is 6. The minimum Gasteiger partial charge on any atom is -0.482 e. The van der Waals surface area contributed by atoms with Crippen LogP contribution in [-0.4, -0.2) is 29.0 Å². The number of nitro groups is 1. The smallest absolute Gasteiger partial charge is 0.311 e. The van der Waals surface area contributed by atoms with Crippen molar-refractivity contribution in [1.82, 2.24) is 10.7 Å². The molecule has 0 bridgehead atoms. The summed E-state index contributed by atoms with van der Waals surface area (Å²) in [6, 6.07) is 31.6. The van der Waals surface area contributed by atoms with Gasteiger partial charge in [-0.15, -0.1) is 0 Å². The van der Waals surface area contributed by atoms with Crippen LogP contribution in [-0.2, 0) is 16.2 Å². The molecule has 4 aromatic carbocycles. The molecule has 0 aliphatic heterocycles. The zero-order chi connectivity index (χ0) is 29.9. The molecule has 2 amide bonds. The van der Waals surface area contributed by atoms with Crippen molar-refractivity contribution in [2.45, 2.75) is 32.4 Å². The molecule has 9 nitrogen and oxygen atoms in total. The predicted octanol–water partition coefficient (Wildman–Crippen LogP) is 5.60. The van der Waals surface area contributed by atoms with Gasteiger partial charge in [0.2, 0.25) is 5.91 Å². The van der Waals surface area contributed by atoms with E-state index in [-0.39, 0.29) is 29.9 Å². The van der Waals surface area contributed by atoms with Crippen LogP contribution in [0.3, 0.4) is 0 Å². The van der Waals surface area contributed by atoms with Crippen molar-refractivity contribution in [2.24, 2.45) is 11.0 Å². The van der Waals surface area contributed by atoms with E-state index in [9.17, 15) is 19.7 Å². The molecule has 42 heavy (non-hydrogen) atoms. The molecule has 214 valence electrons. The van der Waals surface area contributed by atoms with Crippen LogP contribution in [0.25, 0.3) is 0 Å². The van der Waals surface area contributed by atoms with E-state index in [1.54, 1.807) is 6.07 Å². The Labute approximate surface area is 244 Å². The Balaban J connectivity index is 1.44. The zero-order valence-electron chi connectivity index (χ0n) is 23.3. The standard InChI is InChI=1S/C33H32N4O5/c1-23(2)31(35-32(38)30(26-14-8-4-9-15-26)27-16-10-5-11-17-27)33(39)36-34-21-25-18-19-29(28(20-25)37(40)41)42-22-24-12-6-3-7-13-24/h3-21,23,30-31H,22H2,1-2H3,(H,35,38)(H,36,39)/b34-21-/t31-/m0/s1. The molecule has 0 fully saturated rings. The lowest BCUT2D eigenvalue weighted by molar-refractivity contribution is -0.385. The summed E-state index contributed by atoms with van der Waals surface area (Å²) >= 11 is 0. The number of carbonyl (C=O) groups is 2. The number of carbonyl (C=O) groups excluding carboxylic acids is 2. The quantitative estimate of drug-likeness (QED) is 0.132. The summed E-state index contributed by atoms with van der Waals surface area (Å²) in [6.45, 7) is 3.83. The molecular formula is C33H32N4O5. The molecule has 9 heteroatoms. The second-order valence-corrected chi connectivity index (χ2v) is 9.98. The van der Waals surface area contributed by atoms with Gasteiger partial charge in [0, 0.05) is 11.6 Å². The van der Waals surface area contributed by atoms with E-state index < -0.39 is 22.8 Å². The van der Waals surface area contributed by atoms with Crippen molar-refractivity contribution in [1.29, 1.82) is 0 Å². The van der Waals surface area contributed by atoms with Gasteiger partial charge in [-0.25, -0.2) is 5.43 Å². The number of nitrogens with one attached hydrogen (secondary N) is 2. The van der Waals surface area contributed by atoms with Gasteiger partial charge >= 0.3 is 5.69 Å². The lowest BCUT2D eigenvalue weighted by Crippen LogP contribution is -2.50. The summed E-state index contributed by atoms with van der Waals surface area (Å²) < 4.78 is 5.66. The summed E-state index contributed by atoms with van der Waals surface area (Å²) in [5.74, 6) is -1.54. The van der Waals surface area contributed by atoms with Crippen LogP contribution < -0.4 is 15.5 Å². The SMILES string of the molecule is CC(C)[C@H](NC(=O)C(c1ccccc1)c1ccccc1)C(=O)N/N=C\c1ccc(OCc2ccccc2)c([N+](=O)[O-])c1. The van der Waals surface area contributed by atoms with Crippen LogP contribution >= 0.6 is 0 Å². The highest BCUT2D eigenvalue weighted by Crippen LogP contribution is 2.28. The highest BCUT2D eigenvalue weighted by Gasteiger charge is 2.29. The lowest BCUT2D eigenvalue weighted by atomic mass is 9.89. The highest BCUT2D eigenvalue weighted by atomic mass is 16.6. The monoisotopic (exact) mass is 564 g/mol.